The van der Waals surface area contributed by atoms with Crippen molar-refractivity contribution in [2.24, 2.45) is 5.10 Å². The number of nitrogens with one attached hydrogen (secondary N) is 1. The van der Waals surface area contributed by atoms with Gasteiger partial charge in [0.2, 0.25) is 0 Å². The topological polar surface area (TPSA) is 64.9 Å². The Balaban J connectivity index is 1.53. The molecule has 166 valence electrons. The number of phenols is 1. The van der Waals surface area contributed by atoms with Gasteiger partial charge < -0.3 is 10.0 Å². The Morgan fingerprint density at radius 1 is 1.19 bits per heavy atom. The Labute approximate surface area is 189 Å². The number of rotatable bonds is 5. The van der Waals surface area contributed by atoms with Crippen LogP contribution in [0, 0.1) is 0 Å². The molecule has 3 aromatic carbocycles. The Morgan fingerprint density at radius 2 is 1.91 bits per heavy atom. The molecule has 0 radical (unpaired) electrons. The number of carbonyl (C=O) groups excluding carboxylic acids is 1. The third kappa shape index (κ3) is 4.20. The van der Waals surface area contributed by atoms with Crippen LogP contribution < -0.4 is 10.3 Å². The standard InChI is InChI=1S/C27H31N3O2/c1-5-12-30-24-11-10-19(13-22(24)18(2)16-27(30,3)4)17-28-29-26(32)23-14-20-8-6-7-9-21(20)15-25(23)31/h6-11,13-15,17-18,31H,5,12,16H2,1-4H3,(H,29,32)/b28-17-. The first kappa shape index (κ1) is 21.9. The molecule has 32 heavy (non-hydrogen) atoms. The van der Waals surface area contributed by atoms with E-state index in [4.69, 9.17) is 0 Å². The van der Waals surface area contributed by atoms with E-state index in [1.807, 2.05) is 30.3 Å². The van der Waals surface area contributed by atoms with E-state index in [1.54, 1.807) is 18.3 Å². The molecule has 0 spiro atoms. The monoisotopic (exact) mass is 429 g/mol. The first-order chi connectivity index (χ1) is 15.3. The van der Waals surface area contributed by atoms with Crippen molar-refractivity contribution >= 4 is 28.6 Å². The van der Waals surface area contributed by atoms with Crippen LogP contribution in [0.25, 0.3) is 10.8 Å². The van der Waals surface area contributed by atoms with E-state index in [2.05, 4.69) is 55.3 Å². The van der Waals surface area contributed by atoms with Crippen LogP contribution in [0.2, 0.25) is 0 Å². The molecule has 5 nitrogen and oxygen atoms in total. The van der Waals surface area contributed by atoms with Gasteiger partial charge in [0, 0.05) is 17.8 Å². The molecule has 5 heteroatoms. The second-order valence-corrected chi connectivity index (χ2v) is 9.30. The van der Waals surface area contributed by atoms with Crippen LogP contribution in [0.5, 0.6) is 5.75 Å². The molecule has 0 fully saturated rings. The number of fused-ring (bicyclic) bond motifs is 2. The molecule has 0 aliphatic carbocycles. The fraction of sp³-hybridized carbons (Fsp3) is 0.333. The molecule has 4 rings (SSSR count). The Kier molecular flexibility index (Phi) is 5.92. The maximum Gasteiger partial charge on any atom is 0.275 e. The van der Waals surface area contributed by atoms with E-state index in [0.29, 0.717) is 5.92 Å². The number of phenolic OH excluding ortho intramolecular Hbond substituents is 1. The molecule has 1 heterocycles. The zero-order valence-electron chi connectivity index (χ0n) is 19.2. The van der Waals surface area contributed by atoms with Gasteiger partial charge in [0.1, 0.15) is 5.75 Å². The molecule has 1 unspecified atom stereocenters. The molecular weight excluding hydrogens is 398 g/mol. The highest BCUT2D eigenvalue weighted by molar-refractivity contribution is 6.01. The first-order valence-electron chi connectivity index (χ1n) is 11.3. The molecule has 0 aromatic heterocycles. The van der Waals surface area contributed by atoms with Crippen LogP contribution in [0.1, 0.15) is 67.9 Å². The smallest absolute Gasteiger partial charge is 0.275 e. The van der Waals surface area contributed by atoms with Crippen LogP contribution in [-0.2, 0) is 0 Å². The lowest BCUT2D eigenvalue weighted by Crippen LogP contribution is -2.48. The van der Waals surface area contributed by atoms with E-state index >= 15 is 0 Å². The third-order valence-corrected chi connectivity index (χ3v) is 6.35. The van der Waals surface area contributed by atoms with Gasteiger partial charge >= 0.3 is 0 Å². The van der Waals surface area contributed by atoms with Crippen molar-refractivity contribution in [3.8, 4) is 5.75 Å². The molecule has 2 N–H and O–H groups in total. The average Bonchev–Trinajstić information content (AvgIpc) is 2.76. The number of carbonyl (C=O) groups is 1. The van der Waals surface area contributed by atoms with Crippen molar-refractivity contribution in [3.63, 3.8) is 0 Å². The predicted molar refractivity (Wildman–Crippen MR) is 132 cm³/mol. The normalized spacial score (nSPS) is 17.5. The Morgan fingerprint density at radius 3 is 2.62 bits per heavy atom. The van der Waals surface area contributed by atoms with Crippen molar-refractivity contribution in [1.29, 1.82) is 0 Å². The average molecular weight is 430 g/mol. The Bertz CT molecular complexity index is 1180. The summed E-state index contributed by atoms with van der Waals surface area (Å²) in [5.41, 5.74) is 6.43. The number of hydrazone groups is 1. The maximum atomic E-state index is 12.6. The van der Waals surface area contributed by atoms with Crippen molar-refractivity contribution in [2.45, 2.75) is 52.0 Å². The number of nitrogens with zero attached hydrogens (tertiary/aromatic N) is 2. The minimum Gasteiger partial charge on any atom is -0.507 e. The highest BCUT2D eigenvalue weighted by atomic mass is 16.3. The van der Waals surface area contributed by atoms with Gasteiger partial charge in [0.05, 0.1) is 11.8 Å². The number of anilines is 1. The van der Waals surface area contributed by atoms with Crippen LogP contribution in [-0.4, -0.2) is 29.3 Å². The van der Waals surface area contributed by atoms with E-state index in [9.17, 15) is 9.90 Å². The molecular formula is C27H31N3O2. The predicted octanol–water partition coefficient (Wildman–Crippen LogP) is 5.81. The summed E-state index contributed by atoms with van der Waals surface area (Å²) >= 11 is 0. The van der Waals surface area contributed by atoms with Crippen LogP contribution in [0.15, 0.2) is 59.7 Å². The summed E-state index contributed by atoms with van der Waals surface area (Å²) in [6.45, 7) is 10.1. The minimum absolute atomic E-state index is 0.0577. The number of hydrogen-bond acceptors (Lipinski definition) is 4. The fourth-order valence-corrected chi connectivity index (χ4v) is 4.87. The molecule has 0 saturated carbocycles. The molecule has 1 aliphatic rings. The van der Waals surface area contributed by atoms with E-state index in [0.717, 1.165) is 35.7 Å². The fourth-order valence-electron chi connectivity index (χ4n) is 4.87. The maximum absolute atomic E-state index is 12.6. The lowest BCUT2D eigenvalue weighted by molar-refractivity contribution is 0.0952. The zero-order valence-corrected chi connectivity index (χ0v) is 19.2. The van der Waals surface area contributed by atoms with Gasteiger partial charge in [-0.05, 0) is 78.8 Å². The molecule has 3 aromatic rings. The summed E-state index contributed by atoms with van der Waals surface area (Å²) in [5.74, 6) is -0.0464. The summed E-state index contributed by atoms with van der Waals surface area (Å²) < 4.78 is 0. The number of hydrogen-bond donors (Lipinski definition) is 2. The van der Waals surface area contributed by atoms with Crippen molar-refractivity contribution < 1.29 is 9.90 Å². The van der Waals surface area contributed by atoms with Gasteiger partial charge in [0.15, 0.2) is 0 Å². The summed E-state index contributed by atoms with van der Waals surface area (Å²) in [5, 5.41) is 16.2. The summed E-state index contributed by atoms with van der Waals surface area (Å²) in [6, 6.07) is 17.3. The molecule has 0 saturated heterocycles. The van der Waals surface area contributed by atoms with Crippen LogP contribution in [0.4, 0.5) is 5.69 Å². The highest BCUT2D eigenvalue weighted by Gasteiger charge is 2.35. The Hall–Kier alpha value is -3.34. The van der Waals surface area contributed by atoms with Crippen LogP contribution in [0.3, 0.4) is 0 Å². The second kappa shape index (κ2) is 8.65. The largest absolute Gasteiger partial charge is 0.507 e. The van der Waals surface area contributed by atoms with E-state index in [1.165, 1.54) is 11.3 Å². The minimum atomic E-state index is -0.438. The number of amides is 1. The van der Waals surface area contributed by atoms with Gasteiger partial charge in [-0.15, -0.1) is 0 Å². The SMILES string of the molecule is CCCN1c2ccc(/C=N\NC(=O)c3cc4ccccc4cc3O)cc2C(C)CC1(C)C. The molecule has 1 amide bonds. The summed E-state index contributed by atoms with van der Waals surface area (Å²) in [4.78, 5) is 15.1. The van der Waals surface area contributed by atoms with Crippen molar-refractivity contribution in [1.82, 2.24) is 5.43 Å². The van der Waals surface area contributed by atoms with Gasteiger partial charge in [-0.25, -0.2) is 5.43 Å². The van der Waals surface area contributed by atoms with Crippen molar-refractivity contribution in [2.75, 3.05) is 11.4 Å². The van der Waals surface area contributed by atoms with Gasteiger partial charge in [0.25, 0.3) is 5.91 Å². The molecule has 1 aliphatic heterocycles. The summed E-state index contributed by atoms with van der Waals surface area (Å²) in [6.07, 6.45) is 3.86. The van der Waals surface area contributed by atoms with Gasteiger partial charge in [-0.3, -0.25) is 4.79 Å². The number of benzene rings is 3. The first-order valence-corrected chi connectivity index (χ1v) is 11.3. The van der Waals surface area contributed by atoms with Crippen molar-refractivity contribution in [3.05, 3.63) is 71.3 Å². The molecule has 1 atom stereocenters. The zero-order chi connectivity index (χ0) is 22.9. The quantitative estimate of drug-likeness (QED) is 0.397. The second-order valence-electron chi connectivity index (χ2n) is 9.30. The van der Waals surface area contributed by atoms with Gasteiger partial charge in [-0.2, -0.15) is 5.10 Å². The lowest BCUT2D eigenvalue weighted by Gasteiger charge is -2.47. The van der Waals surface area contributed by atoms with E-state index in [-0.39, 0.29) is 16.9 Å². The summed E-state index contributed by atoms with van der Waals surface area (Å²) in [7, 11) is 0. The third-order valence-electron chi connectivity index (χ3n) is 6.35. The highest BCUT2D eigenvalue weighted by Crippen LogP contribution is 2.43. The lowest BCUT2D eigenvalue weighted by atomic mass is 9.79. The number of aromatic hydroxyl groups is 1. The van der Waals surface area contributed by atoms with Crippen LogP contribution >= 0.6 is 0 Å². The van der Waals surface area contributed by atoms with E-state index < -0.39 is 5.91 Å². The van der Waals surface area contributed by atoms with Gasteiger partial charge in [-0.1, -0.05) is 44.2 Å². The molecule has 0 bridgehead atoms.